The molecular weight excluding hydrogens is 162 g/mol. The Labute approximate surface area is 78.6 Å². The summed E-state index contributed by atoms with van der Waals surface area (Å²) in [5, 5.41) is 3.33. The lowest BCUT2D eigenvalue weighted by Crippen LogP contribution is -2.26. The van der Waals surface area contributed by atoms with Crippen LogP contribution in [0, 0.1) is 6.92 Å². The molecule has 0 saturated carbocycles. The van der Waals surface area contributed by atoms with Crippen LogP contribution in [0.25, 0.3) is 0 Å². The van der Waals surface area contributed by atoms with E-state index in [0.29, 0.717) is 0 Å². The van der Waals surface area contributed by atoms with E-state index in [-0.39, 0.29) is 0 Å². The van der Waals surface area contributed by atoms with E-state index in [1.165, 1.54) is 17.0 Å². The van der Waals surface area contributed by atoms with Crippen LogP contribution < -0.4 is 5.32 Å². The van der Waals surface area contributed by atoms with Gasteiger partial charge in [-0.15, -0.1) is 0 Å². The molecule has 0 saturated heterocycles. The summed E-state index contributed by atoms with van der Waals surface area (Å²) >= 11 is 0. The van der Waals surface area contributed by atoms with Gasteiger partial charge in [0.1, 0.15) is 5.82 Å². The lowest BCUT2D eigenvalue weighted by Gasteiger charge is -2.18. The molecule has 2 rings (SSSR count). The number of aryl methyl sites for hydroxylation is 2. The van der Waals surface area contributed by atoms with Gasteiger partial charge in [-0.3, -0.25) is 0 Å². The highest BCUT2D eigenvalue weighted by Crippen LogP contribution is 2.15. The topological polar surface area (TPSA) is 37.8 Å². The largest absolute Gasteiger partial charge is 0.311 e. The molecule has 0 unspecified atom stereocenters. The Kier molecular flexibility index (Phi) is 2.27. The van der Waals surface area contributed by atoms with Gasteiger partial charge in [-0.05, 0) is 31.9 Å². The summed E-state index contributed by atoms with van der Waals surface area (Å²) in [6, 6.07) is 0. The fourth-order valence-corrected chi connectivity index (χ4v) is 1.86. The van der Waals surface area contributed by atoms with E-state index in [4.69, 9.17) is 0 Å². The van der Waals surface area contributed by atoms with Gasteiger partial charge in [0.2, 0.25) is 0 Å². The third-order valence-electron chi connectivity index (χ3n) is 2.47. The molecule has 1 aromatic rings. The third kappa shape index (κ3) is 1.56. The number of nitrogens with one attached hydrogen (secondary N) is 1. The van der Waals surface area contributed by atoms with Crippen LogP contribution >= 0.6 is 0 Å². The van der Waals surface area contributed by atoms with Crippen molar-refractivity contribution in [3.05, 3.63) is 22.8 Å². The monoisotopic (exact) mass is 177 g/mol. The van der Waals surface area contributed by atoms with E-state index in [0.717, 1.165) is 31.8 Å². The van der Waals surface area contributed by atoms with Crippen molar-refractivity contribution in [1.29, 1.82) is 0 Å². The molecule has 0 amide bonds. The zero-order valence-electron chi connectivity index (χ0n) is 8.22. The Morgan fingerprint density at radius 1 is 1.38 bits per heavy atom. The van der Waals surface area contributed by atoms with Crippen LogP contribution in [0.5, 0.6) is 0 Å². The molecule has 3 nitrogen and oxygen atoms in total. The number of hydrogen-bond donors (Lipinski definition) is 1. The fraction of sp³-hybridized carbons (Fsp3) is 0.600. The second-order valence-electron chi connectivity index (χ2n) is 3.42. The van der Waals surface area contributed by atoms with Crippen LogP contribution in [0.3, 0.4) is 0 Å². The molecule has 0 atom stereocenters. The predicted octanol–water partition coefficient (Wildman–Crippen LogP) is 0.993. The molecule has 0 spiro atoms. The van der Waals surface area contributed by atoms with E-state index in [1.807, 2.05) is 6.92 Å². The highest BCUT2D eigenvalue weighted by molar-refractivity contribution is 5.28. The lowest BCUT2D eigenvalue weighted by molar-refractivity contribution is 0.612. The van der Waals surface area contributed by atoms with Crippen LogP contribution in [-0.4, -0.2) is 16.5 Å². The molecule has 0 fully saturated rings. The Balaban J connectivity index is 2.50. The Hall–Kier alpha value is -0.960. The molecule has 1 aliphatic heterocycles. The third-order valence-corrected chi connectivity index (χ3v) is 2.47. The van der Waals surface area contributed by atoms with E-state index in [2.05, 4.69) is 22.2 Å². The van der Waals surface area contributed by atoms with Gasteiger partial charge in [0.25, 0.3) is 0 Å². The average Bonchev–Trinajstić information content (AvgIpc) is 2.16. The summed E-state index contributed by atoms with van der Waals surface area (Å²) in [4.78, 5) is 8.91. The first kappa shape index (κ1) is 8.63. The minimum Gasteiger partial charge on any atom is -0.311 e. The minimum atomic E-state index is 0.902. The van der Waals surface area contributed by atoms with Gasteiger partial charge in [0, 0.05) is 12.2 Å². The molecule has 70 valence electrons. The van der Waals surface area contributed by atoms with Crippen molar-refractivity contribution in [1.82, 2.24) is 15.3 Å². The number of aromatic nitrogens is 2. The molecule has 1 N–H and O–H groups in total. The van der Waals surface area contributed by atoms with Crippen LogP contribution in [0.2, 0.25) is 0 Å². The standard InChI is InChI=1S/C10H15N3/c1-3-9-8-4-5-11-6-10(8)13-7(2)12-9/h11H,3-6H2,1-2H3. The molecule has 2 heterocycles. The number of rotatable bonds is 1. The first-order valence-electron chi connectivity index (χ1n) is 4.87. The van der Waals surface area contributed by atoms with E-state index in [1.54, 1.807) is 0 Å². The van der Waals surface area contributed by atoms with Crippen molar-refractivity contribution in [3.63, 3.8) is 0 Å². The second-order valence-corrected chi connectivity index (χ2v) is 3.42. The van der Waals surface area contributed by atoms with Crippen molar-refractivity contribution in [2.24, 2.45) is 0 Å². The van der Waals surface area contributed by atoms with E-state index in [9.17, 15) is 0 Å². The average molecular weight is 177 g/mol. The van der Waals surface area contributed by atoms with Crippen LogP contribution in [-0.2, 0) is 19.4 Å². The van der Waals surface area contributed by atoms with Gasteiger partial charge in [0.05, 0.1) is 5.69 Å². The smallest absolute Gasteiger partial charge is 0.125 e. The molecule has 1 aromatic heterocycles. The van der Waals surface area contributed by atoms with Gasteiger partial charge in [-0.2, -0.15) is 0 Å². The first-order valence-corrected chi connectivity index (χ1v) is 4.87. The van der Waals surface area contributed by atoms with Gasteiger partial charge in [-0.1, -0.05) is 6.92 Å². The zero-order valence-corrected chi connectivity index (χ0v) is 8.22. The van der Waals surface area contributed by atoms with E-state index >= 15 is 0 Å². The molecule has 0 aliphatic carbocycles. The van der Waals surface area contributed by atoms with Gasteiger partial charge in [0.15, 0.2) is 0 Å². The SMILES string of the molecule is CCc1nc(C)nc2c1CCNC2. The highest BCUT2D eigenvalue weighted by atomic mass is 15.0. The number of fused-ring (bicyclic) bond motifs is 1. The highest BCUT2D eigenvalue weighted by Gasteiger charge is 2.14. The minimum absolute atomic E-state index is 0.902. The van der Waals surface area contributed by atoms with Crippen molar-refractivity contribution >= 4 is 0 Å². The van der Waals surface area contributed by atoms with Crippen molar-refractivity contribution < 1.29 is 0 Å². The normalized spacial score (nSPS) is 15.5. The zero-order chi connectivity index (χ0) is 9.26. The molecule has 1 aliphatic rings. The summed E-state index contributed by atoms with van der Waals surface area (Å²) in [6.07, 6.45) is 2.10. The summed E-state index contributed by atoms with van der Waals surface area (Å²) in [6.45, 7) is 6.09. The maximum absolute atomic E-state index is 4.47. The van der Waals surface area contributed by atoms with Crippen molar-refractivity contribution in [2.45, 2.75) is 33.2 Å². The predicted molar refractivity (Wildman–Crippen MR) is 51.6 cm³/mol. The Bertz CT molecular complexity index is 303. The van der Waals surface area contributed by atoms with E-state index < -0.39 is 0 Å². The molecule has 0 bridgehead atoms. The molecule has 0 radical (unpaired) electrons. The summed E-state index contributed by atoms with van der Waals surface area (Å²) in [5.74, 6) is 0.902. The summed E-state index contributed by atoms with van der Waals surface area (Å²) in [5.41, 5.74) is 3.83. The van der Waals surface area contributed by atoms with Crippen molar-refractivity contribution in [2.75, 3.05) is 6.54 Å². The maximum Gasteiger partial charge on any atom is 0.125 e. The number of nitrogens with zero attached hydrogens (tertiary/aromatic N) is 2. The van der Waals surface area contributed by atoms with Crippen LogP contribution in [0.1, 0.15) is 29.7 Å². The van der Waals surface area contributed by atoms with Crippen LogP contribution in [0.4, 0.5) is 0 Å². The summed E-state index contributed by atoms with van der Waals surface area (Å²) < 4.78 is 0. The molecular formula is C10H15N3. The molecule has 13 heavy (non-hydrogen) atoms. The molecule has 0 aromatic carbocycles. The van der Waals surface area contributed by atoms with Gasteiger partial charge >= 0.3 is 0 Å². The lowest BCUT2D eigenvalue weighted by atomic mass is 10.0. The Morgan fingerprint density at radius 2 is 2.23 bits per heavy atom. The molecule has 3 heteroatoms. The first-order chi connectivity index (χ1) is 6.31. The van der Waals surface area contributed by atoms with Gasteiger partial charge in [-0.25, -0.2) is 9.97 Å². The quantitative estimate of drug-likeness (QED) is 0.695. The van der Waals surface area contributed by atoms with Crippen molar-refractivity contribution in [3.8, 4) is 0 Å². The fourth-order valence-electron chi connectivity index (χ4n) is 1.86. The Morgan fingerprint density at radius 3 is 3.00 bits per heavy atom. The summed E-state index contributed by atoms with van der Waals surface area (Å²) in [7, 11) is 0. The number of hydrogen-bond acceptors (Lipinski definition) is 3. The maximum atomic E-state index is 4.47. The van der Waals surface area contributed by atoms with Gasteiger partial charge < -0.3 is 5.32 Å². The van der Waals surface area contributed by atoms with Crippen LogP contribution in [0.15, 0.2) is 0 Å². The second kappa shape index (κ2) is 3.42.